The minimum Gasteiger partial charge on any atom is -0.476 e. The van der Waals surface area contributed by atoms with Gasteiger partial charge in [0.2, 0.25) is 0 Å². The first-order valence-corrected chi connectivity index (χ1v) is 6.38. The molecule has 0 bridgehead atoms. The van der Waals surface area contributed by atoms with Crippen molar-refractivity contribution in [2.75, 3.05) is 0 Å². The van der Waals surface area contributed by atoms with Gasteiger partial charge in [0.25, 0.3) is 0 Å². The van der Waals surface area contributed by atoms with Crippen LogP contribution in [0.5, 0.6) is 0 Å². The average molecular weight is 309 g/mol. The highest BCUT2D eigenvalue weighted by Crippen LogP contribution is 2.12. The van der Waals surface area contributed by atoms with Gasteiger partial charge in [0.05, 0.1) is 0 Å². The summed E-state index contributed by atoms with van der Waals surface area (Å²) >= 11 is 3.39. The molecule has 0 saturated heterocycles. The minimum absolute atomic E-state index is 0.100. The molecule has 0 amide bonds. The summed E-state index contributed by atoms with van der Waals surface area (Å²) in [5.41, 5.74) is 2.16. The first-order chi connectivity index (χ1) is 8.56. The lowest BCUT2D eigenvalue weighted by Crippen LogP contribution is -2.06. The number of aromatic nitrogens is 2. The van der Waals surface area contributed by atoms with Gasteiger partial charge in [0.15, 0.2) is 5.69 Å². The van der Waals surface area contributed by atoms with Crippen LogP contribution >= 0.6 is 15.9 Å². The van der Waals surface area contributed by atoms with E-state index < -0.39 is 5.97 Å². The second-order valence-electron chi connectivity index (χ2n) is 4.08. The molecule has 4 nitrogen and oxygen atoms in total. The molecule has 94 valence electrons. The van der Waals surface area contributed by atoms with Crippen LogP contribution in [0.25, 0.3) is 0 Å². The Morgan fingerprint density at radius 1 is 1.39 bits per heavy atom. The maximum atomic E-state index is 10.8. The molecule has 2 rings (SSSR count). The van der Waals surface area contributed by atoms with Gasteiger partial charge in [0, 0.05) is 16.7 Å². The molecule has 0 radical (unpaired) electrons. The Morgan fingerprint density at radius 3 is 2.61 bits per heavy atom. The van der Waals surface area contributed by atoms with E-state index >= 15 is 0 Å². The third-order valence-corrected chi connectivity index (χ3v) is 3.25. The van der Waals surface area contributed by atoms with Crippen LogP contribution in [0.3, 0.4) is 0 Å². The summed E-state index contributed by atoms with van der Waals surface area (Å²) in [7, 11) is 0. The van der Waals surface area contributed by atoms with E-state index in [1.165, 1.54) is 5.56 Å². The maximum absolute atomic E-state index is 10.8. The molecule has 0 spiro atoms. The van der Waals surface area contributed by atoms with Crippen molar-refractivity contribution < 1.29 is 9.90 Å². The van der Waals surface area contributed by atoms with Crippen molar-refractivity contribution in [1.82, 2.24) is 9.78 Å². The van der Waals surface area contributed by atoms with E-state index in [2.05, 4.69) is 21.0 Å². The SMILES string of the molecule is Cc1cc(C(=O)O)nn1CCc1ccc(Br)cc1. The van der Waals surface area contributed by atoms with Gasteiger partial charge in [-0.1, -0.05) is 28.1 Å². The number of hydrogen-bond acceptors (Lipinski definition) is 2. The Kier molecular flexibility index (Phi) is 3.81. The molecule has 0 aliphatic heterocycles. The summed E-state index contributed by atoms with van der Waals surface area (Å²) in [6.07, 6.45) is 0.828. The van der Waals surface area contributed by atoms with Gasteiger partial charge in [-0.15, -0.1) is 0 Å². The normalized spacial score (nSPS) is 10.6. The molecule has 5 heteroatoms. The number of hydrogen-bond donors (Lipinski definition) is 1. The average Bonchev–Trinajstić information content (AvgIpc) is 2.70. The standard InChI is InChI=1S/C13H13BrN2O2/c1-9-8-12(13(17)18)15-16(9)7-6-10-2-4-11(14)5-3-10/h2-5,8H,6-7H2,1H3,(H,17,18). The lowest BCUT2D eigenvalue weighted by Gasteiger charge is -2.04. The van der Waals surface area contributed by atoms with Gasteiger partial charge in [-0.25, -0.2) is 4.79 Å². The lowest BCUT2D eigenvalue weighted by molar-refractivity contribution is 0.0689. The number of aryl methyl sites for hydroxylation is 3. The fraction of sp³-hybridized carbons (Fsp3) is 0.231. The van der Waals surface area contributed by atoms with Crippen molar-refractivity contribution >= 4 is 21.9 Å². The molecule has 0 aliphatic carbocycles. The van der Waals surface area contributed by atoms with E-state index in [4.69, 9.17) is 5.11 Å². The van der Waals surface area contributed by atoms with E-state index in [-0.39, 0.29) is 5.69 Å². The zero-order chi connectivity index (χ0) is 13.1. The van der Waals surface area contributed by atoms with E-state index in [0.29, 0.717) is 6.54 Å². The Hall–Kier alpha value is -1.62. The molecule has 0 fully saturated rings. The molecule has 1 heterocycles. The van der Waals surface area contributed by atoms with Crippen molar-refractivity contribution in [3.05, 3.63) is 51.8 Å². The maximum Gasteiger partial charge on any atom is 0.356 e. The van der Waals surface area contributed by atoms with Crippen molar-refractivity contribution in [2.24, 2.45) is 0 Å². The fourth-order valence-corrected chi connectivity index (χ4v) is 1.99. The fourth-order valence-electron chi connectivity index (χ4n) is 1.73. The number of rotatable bonds is 4. The van der Waals surface area contributed by atoms with Gasteiger partial charge in [-0.2, -0.15) is 5.10 Å². The summed E-state index contributed by atoms with van der Waals surface area (Å²) in [6.45, 7) is 2.54. The molecule has 2 aromatic rings. The third-order valence-electron chi connectivity index (χ3n) is 2.73. The number of carboxylic acids is 1. The monoisotopic (exact) mass is 308 g/mol. The van der Waals surface area contributed by atoms with Crippen LogP contribution in [0.2, 0.25) is 0 Å². The molecular formula is C13H13BrN2O2. The Labute approximate surface area is 113 Å². The number of benzene rings is 1. The Morgan fingerprint density at radius 2 is 2.06 bits per heavy atom. The molecule has 0 unspecified atom stereocenters. The first-order valence-electron chi connectivity index (χ1n) is 5.58. The van der Waals surface area contributed by atoms with Crippen molar-refractivity contribution in [3.63, 3.8) is 0 Å². The Balaban J connectivity index is 2.06. The lowest BCUT2D eigenvalue weighted by atomic mass is 10.1. The van der Waals surface area contributed by atoms with Crippen LogP contribution in [0, 0.1) is 6.92 Å². The highest BCUT2D eigenvalue weighted by atomic mass is 79.9. The topological polar surface area (TPSA) is 55.1 Å². The van der Waals surface area contributed by atoms with Crippen LogP contribution in [0.15, 0.2) is 34.8 Å². The summed E-state index contributed by atoms with van der Waals surface area (Å²) in [4.78, 5) is 10.8. The number of carbonyl (C=O) groups is 1. The van der Waals surface area contributed by atoms with Gasteiger partial charge < -0.3 is 5.11 Å². The molecule has 1 aromatic carbocycles. The van der Waals surface area contributed by atoms with E-state index in [9.17, 15) is 4.79 Å². The number of carboxylic acid groups (broad SMARTS) is 1. The predicted octanol–water partition coefficient (Wildman–Crippen LogP) is 2.89. The van der Waals surface area contributed by atoms with Crippen LogP contribution < -0.4 is 0 Å². The van der Waals surface area contributed by atoms with Crippen molar-refractivity contribution in [1.29, 1.82) is 0 Å². The van der Waals surface area contributed by atoms with Gasteiger partial charge in [0.1, 0.15) is 0 Å². The van der Waals surface area contributed by atoms with Crippen molar-refractivity contribution in [3.8, 4) is 0 Å². The number of aromatic carboxylic acids is 1. The molecule has 18 heavy (non-hydrogen) atoms. The first kappa shape index (κ1) is 12.8. The quantitative estimate of drug-likeness (QED) is 0.945. The zero-order valence-corrected chi connectivity index (χ0v) is 11.5. The highest BCUT2D eigenvalue weighted by Gasteiger charge is 2.10. The summed E-state index contributed by atoms with van der Waals surface area (Å²) in [5.74, 6) is -0.986. The van der Waals surface area contributed by atoms with Gasteiger partial charge in [-0.05, 0) is 37.1 Å². The van der Waals surface area contributed by atoms with Crippen LogP contribution in [0.4, 0.5) is 0 Å². The van der Waals surface area contributed by atoms with Crippen LogP contribution in [-0.4, -0.2) is 20.9 Å². The third kappa shape index (κ3) is 2.98. The minimum atomic E-state index is -0.986. The molecule has 0 atom stereocenters. The van der Waals surface area contributed by atoms with Gasteiger partial charge >= 0.3 is 5.97 Å². The van der Waals surface area contributed by atoms with Crippen LogP contribution in [0.1, 0.15) is 21.7 Å². The smallest absolute Gasteiger partial charge is 0.356 e. The number of halogens is 1. The highest BCUT2D eigenvalue weighted by molar-refractivity contribution is 9.10. The summed E-state index contributed by atoms with van der Waals surface area (Å²) in [5, 5.41) is 12.9. The predicted molar refractivity (Wildman–Crippen MR) is 71.8 cm³/mol. The second-order valence-corrected chi connectivity index (χ2v) is 4.99. The van der Waals surface area contributed by atoms with Gasteiger partial charge in [-0.3, -0.25) is 4.68 Å². The van der Waals surface area contributed by atoms with Crippen LogP contribution in [-0.2, 0) is 13.0 Å². The van der Waals surface area contributed by atoms with E-state index in [1.807, 2.05) is 31.2 Å². The van der Waals surface area contributed by atoms with E-state index in [0.717, 1.165) is 16.6 Å². The Bertz CT molecular complexity index is 561. The summed E-state index contributed by atoms with van der Waals surface area (Å²) < 4.78 is 2.78. The number of nitrogens with zero attached hydrogens (tertiary/aromatic N) is 2. The molecule has 1 aromatic heterocycles. The van der Waals surface area contributed by atoms with E-state index in [1.54, 1.807) is 10.7 Å². The zero-order valence-electron chi connectivity index (χ0n) is 9.93. The van der Waals surface area contributed by atoms with Crippen molar-refractivity contribution in [2.45, 2.75) is 19.9 Å². The molecule has 0 aliphatic rings. The second kappa shape index (κ2) is 5.35. The molecule has 0 saturated carbocycles. The molecular weight excluding hydrogens is 296 g/mol. The summed E-state index contributed by atoms with van der Waals surface area (Å²) in [6, 6.07) is 9.66. The largest absolute Gasteiger partial charge is 0.476 e. The molecule has 1 N–H and O–H groups in total.